The van der Waals surface area contributed by atoms with Gasteiger partial charge in [-0.3, -0.25) is 4.98 Å². The van der Waals surface area contributed by atoms with Crippen LogP contribution in [0.5, 0.6) is 0 Å². The molecule has 1 aliphatic heterocycles. The summed E-state index contributed by atoms with van der Waals surface area (Å²) in [6.45, 7) is 13.2. The molecule has 0 radical (unpaired) electrons. The third-order valence-corrected chi connectivity index (χ3v) is 4.46. The Kier molecular flexibility index (Phi) is 4.14. The standard InChI is InChI=1S/C16H23BF3NO2/c1-13(2,3)12-11(8-10(9-21-12)16(18,19)20)17-22-14(4,5)15(6,7)23-17/h8-9H,1-7H3. The van der Waals surface area contributed by atoms with E-state index in [0.29, 0.717) is 11.2 Å². The summed E-state index contributed by atoms with van der Waals surface area (Å²) in [4.78, 5) is 4.08. The van der Waals surface area contributed by atoms with Gasteiger partial charge in [0, 0.05) is 22.8 Å². The van der Waals surface area contributed by atoms with Gasteiger partial charge in [-0.25, -0.2) is 0 Å². The normalized spacial score (nSPS) is 20.9. The molecule has 0 N–H and O–H groups in total. The van der Waals surface area contributed by atoms with E-state index in [1.165, 1.54) is 0 Å². The summed E-state index contributed by atoms with van der Waals surface area (Å²) in [6.07, 6.45) is -3.59. The number of alkyl halides is 3. The number of rotatable bonds is 1. The first-order valence-electron chi connectivity index (χ1n) is 7.58. The van der Waals surface area contributed by atoms with Gasteiger partial charge in [0.05, 0.1) is 16.8 Å². The van der Waals surface area contributed by atoms with Crippen molar-refractivity contribution in [1.82, 2.24) is 4.98 Å². The van der Waals surface area contributed by atoms with Crippen LogP contribution in [0.1, 0.15) is 59.7 Å². The first-order valence-corrected chi connectivity index (χ1v) is 7.58. The van der Waals surface area contributed by atoms with Crippen LogP contribution in [0, 0.1) is 0 Å². The van der Waals surface area contributed by atoms with Crippen molar-refractivity contribution in [3.63, 3.8) is 0 Å². The van der Waals surface area contributed by atoms with E-state index in [9.17, 15) is 13.2 Å². The van der Waals surface area contributed by atoms with E-state index in [1.807, 2.05) is 48.5 Å². The van der Waals surface area contributed by atoms with Gasteiger partial charge in [-0.05, 0) is 33.8 Å². The fourth-order valence-corrected chi connectivity index (χ4v) is 2.41. The lowest BCUT2D eigenvalue weighted by Gasteiger charge is -2.32. The van der Waals surface area contributed by atoms with Crippen LogP contribution in [-0.4, -0.2) is 23.3 Å². The maximum Gasteiger partial charge on any atom is 0.496 e. The zero-order valence-corrected chi connectivity index (χ0v) is 14.6. The van der Waals surface area contributed by atoms with Crippen LogP contribution in [0.15, 0.2) is 12.3 Å². The lowest BCUT2D eigenvalue weighted by atomic mass is 9.71. The molecule has 0 aromatic carbocycles. The number of aromatic nitrogens is 1. The van der Waals surface area contributed by atoms with Crippen LogP contribution in [0.4, 0.5) is 13.2 Å². The molecule has 1 aromatic rings. The Bertz CT molecular complexity index is 590. The average molecular weight is 329 g/mol. The maximum atomic E-state index is 13.1. The first-order chi connectivity index (χ1) is 10.2. The van der Waals surface area contributed by atoms with E-state index in [4.69, 9.17) is 9.31 Å². The average Bonchev–Trinajstić information content (AvgIpc) is 2.55. The Balaban J connectivity index is 2.56. The van der Waals surface area contributed by atoms with Crippen molar-refractivity contribution in [2.75, 3.05) is 0 Å². The van der Waals surface area contributed by atoms with Crippen molar-refractivity contribution in [2.45, 2.75) is 71.3 Å². The fraction of sp³-hybridized carbons (Fsp3) is 0.688. The molecule has 128 valence electrons. The lowest BCUT2D eigenvalue weighted by molar-refractivity contribution is -0.137. The molecule has 0 bridgehead atoms. The molecule has 0 amide bonds. The van der Waals surface area contributed by atoms with Crippen LogP contribution in [0.3, 0.4) is 0 Å². The van der Waals surface area contributed by atoms with Crippen molar-refractivity contribution >= 4 is 12.6 Å². The SMILES string of the molecule is CC(C)(C)c1ncc(C(F)(F)F)cc1B1OC(C)(C)C(C)(C)O1. The van der Waals surface area contributed by atoms with E-state index in [0.717, 1.165) is 12.3 Å². The quantitative estimate of drug-likeness (QED) is 0.736. The van der Waals surface area contributed by atoms with Crippen molar-refractivity contribution < 1.29 is 22.5 Å². The van der Waals surface area contributed by atoms with Crippen LogP contribution in [0.2, 0.25) is 0 Å². The minimum atomic E-state index is -4.46. The summed E-state index contributed by atoms with van der Waals surface area (Å²) in [7, 11) is -0.871. The molecule has 0 unspecified atom stereocenters. The zero-order valence-electron chi connectivity index (χ0n) is 14.6. The topological polar surface area (TPSA) is 31.4 Å². The molecule has 2 heterocycles. The predicted molar refractivity (Wildman–Crippen MR) is 83.7 cm³/mol. The molecule has 1 aliphatic rings. The monoisotopic (exact) mass is 329 g/mol. The summed E-state index contributed by atoms with van der Waals surface area (Å²) in [5.74, 6) is 0. The van der Waals surface area contributed by atoms with E-state index in [2.05, 4.69) is 4.98 Å². The Labute approximate surface area is 135 Å². The summed E-state index contributed by atoms with van der Waals surface area (Å²) in [5.41, 5.74) is -1.59. The smallest absolute Gasteiger partial charge is 0.399 e. The molecule has 23 heavy (non-hydrogen) atoms. The van der Waals surface area contributed by atoms with Crippen molar-refractivity contribution in [3.05, 3.63) is 23.5 Å². The first kappa shape index (κ1) is 18.3. The van der Waals surface area contributed by atoms with E-state index in [1.54, 1.807) is 0 Å². The van der Waals surface area contributed by atoms with Gasteiger partial charge in [0.1, 0.15) is 0 Å². The second-order valence-corrected chi connectivity index (χ2v) is 8.00. The molecule has 1 fully saturated rings. The number of halogens is 3. The largest absolute Gasteiger partial charge is 0.496 e. The number of nitrogens with zero attached hydrogens (tertiary/aromatic N) is 1. The van der Waals surface area contributed by atoms with Gasteiger partial charge in [-0.1, -0.05) is 20.8 Å². The van der Waals surface area contributed by atoms with Gasteiger partial charge in [-0.15, -0.1) is 0 Å². The van der Waals surface area contributed by atoms with Gasteiger partial charge < -0.3 is 9.31 Å². The maximum absolute atomic E-state index is 13.1. The molecule has 0 atom stereocenters. The molecular formula is C16H23BF3NO2. The Morgan fingerprint density at radius 3 is 1.87 bits per heavy atom. The highest BCUT2D eigenvalue weighted by Crippen LogP contribution is 2.38. The highest BCUT2D eigenvalue weighted by Gasteiger charge is 2.53. The number of hydrogen-bond donors (Lipinski definition) is 0. The van der Waals surface area contributed by atoms with Gasteiger partial charge in [0.2, 0.25) is 0 Å². The molecule has 3 nitrogen and oxygen atoms in total. The lowest BCUT2D eigenvalue weighted by Crippen LogP contribution is -2.41. The highest BCUT2D eigenvalue weighted by atomic mass is 19.4. The highest BCUT2D eigenvalue weighted by molar-refractivity contribution is 6.62. The molecule has 1 saturated heterocycles. The Hall–Kier alpha value is -1.08. The van der Waals surface area contributed by atoms with Crippen molar-refractivity contribution in [1.29, 1.82) is 0 Å². The van der Waals surface area contributed by atoms with E-state index < -0.39 is 35.5 Å². The van der Waals surface area contributed by atoms with Crippen molar-refractivity contribution in [2.24, 2.45) is 0 Å². The second kappa shape index (κ2) is 5.21. The van der Waals surface area contributed by atoms with E-state index >= 15 is 0 Å². The third-order valence-electron chi connectivity index (χ3n) is 4.46. The van der Waals surface area contributed by atoms with Crippen LogP contribution >= 0.6 is 0 Å². The van der Waals surface area contributed by atoms with Gasteiger partial charge >= 0.3 is 13.3 Å². The molecular weight excluding hydrogens is 306 g/mol. The second-order valence-electron chi connectivity index (χ2n) is 8.00. The number of pyridine rings is 1. The minimum absolute atomic E-state index is 0.339. The van der Waals surface area contributed by atoms with Crippen LogP contribution < -0.4 is 5.46 Å². The Morgan fingerprint density at radius 1 is 1.00 bits per heavy atom. The zero-order chi connectivity index (χ0) is 17.8. The van der Waals surface area contributed by atoms with Gasteiger partial charge in [0.25, 0.3) is 0 Å². The summed E-state index contributed by atoms with van der Waals surface area (Å²) >= 11 is 0. The fourth-order valence-electron chi connectivity index (χ4n) is 2.41. The van der Waals surface area contributed by atoms with Crippen LogP contribution in [0.25, 0.3) is 0 Å². The van der Waals surface area contributed by atoms with Crippen LogP contribution in [-0.2, 0) is 20.9 Å². The van der Waals surface area contributed by atoms with Crippen molar-refractivity contribution in [3.8, 4) is 0 Å². The summed E-state index contributed by atoms with van der Waals surface area (Å²) in [5, 5.41) is 0. The van der Waals surface area contributed by atoms with Gasteiger partial charge in [-0.2, -0.15) is 13.2 Å². The molecule has 7 heteroatoms. The molecule has 0 spiro atoms. The van der Waals surface area contributed by atoms with Gasteiger partial charge in [0.15, 0.2) is 0 Å². The summed E-state index contributed by atoms with van der Waals surface area (Å²) in [6, 6.07) is 1.09. The van der Waals surface area contributed by atoms with E-state index in [-0.39, 0.29) is 0 Å². The number of hydrogen-bond acceptors (Lipinski definition) is 3. The Morgan fingerprint density at radius 2 is 1.48 bits per heavy atom. The minimum Gasteiger partial charge on any atom is -0.399 e. The molecule has 0 aliphatic carbocycles. The molecule has 2 rings (SSSR count). The predicted octanol–water partition coefficient (Wildman–Crippen LogP) is 3.70. The third kappa shape index (κ3) is 3.40. The molecule has 0 saturated carbocycles. The molecule has 1 aromatic heterocycles. The summed E-state index contributed by atoms with van der Waals surface area (Å²) < 4.78 is 51.0.